The molecule has 7 nitrogen and oxygen atoms in total. The highest BCUT2D eigenvalue weighted by molar-refractivity contribution is 7.99. The quantitative estimate of drug-likeness (QED) is 0.548. The van der Waals surface area contributed by atoms with Gasteiger partial charge in [0.2, 0.25) is 11.9 Å². The molecule has 170 valence electrons. The summed E-state index contributed by atoms with van der Waals surface area (Å²) in [6, 6.07) is 9.84. The fraction of sp³-hybridized carbons (Fsp3) is 0.360. The van der Waals surface area contributed by atoms with E-state index in [0.29, 0.717) is 29.9 Å². The molecule has 1 aliphatic carbocycles. The summed E-state index contributed by atoms with van der Waals surface area (Å²) in [6.07, 6.45) is 2.94. The average Bonchev–Trinajstić information content (AvgIpc) is 2.77. The van der Waals surface area contributed by atoms with Gasteiger partial charge >= 0.3 is 0 Å². The first-order valence-corrected chi connectivity index (χ1v) is 12.0. The molecule has 2 heterocycles. The van der Waals surface area contributed by atoms with Crippen LogP contribution < -0.4 is 5.32 Å². The smallest absolute Gasteiger partial charge is 0.231 e. The lowest BCUT2D eigenvalue weighted by atomic mass is 9.71. The van der Waals surface area contributed by atoms with E-state index in [9.17, 15) is 9.59 Å². The molecule has 4 rings (SSSR count). The number of hydrogen-bond acceptors (Lipinski definition) is 7. The van der Waals surface area contributed by atoms with Gasteiger partial charge in [-0.1, -0.05) is 19.1 Å². The number of nitrogens with one attached hydrogen (secondary N) is 1. The number of Topliss-reactive ketones (excluding diaryl/α,β-unsaturated/α-hetero) is 1. The van der Waals surface area contributed by atoms with Crippen molar-refractivity contribution in [2.24, 2.45) is 0 Å². The minimum absolute atomic E-state index is 0.0517. The molecule has 0 aliphatic heterocycles. The van der Waals surface area contributed by atoms with E-state index in [2.05, 4.69) is 32.2 Å². The molecule has 33 heavy (non-hydrogen) atoms. The maximum absolute atomic E-state index is 13.4. The summed E-state index contributed by atoms with van der Waals surface area (Å²) in [4.78, 5) is 44.7. The lowest BCUT2D eigenvalue weighted by Gasteiger charge is -2.32. The maximum Gasteiger partial charge on any atom is 0.231 e. The lowest BCUT2D eigenvalue weighted by molar-refractivity contribution is -0.115. The number of anilines is 1. The number of carbonyl (C=O) groups excluding carboxylic acids is 2. The molecule has 0 fully saturated rings. The number of carbonyl (C=O) groups is 2. The molecular weight excluding hydrogens is 434 g/mol. The summed E-state index contributed by atoms with van der Waals surface area (Å²) >= 11 is 1.76. The summed E-state index contributed by atoms with van der Waals surface area (Å²) in [6.45, 7) is 7.76. The van der Waals surface area contributed by atoms with Crippen molar-refractivity contribution in [1.29, 1.82) is 0 Å². The van der Waals surface area contributed by atoms with Crippen LogP contribution >= 0.6 is 11.8 Å². The van der Waals surface area contributed by atoms with Gasteiger partial charge in [0, 0.05) is 16.8 Å². The molecule has 2 aromatic heterocycles. The number of benzene rings is 1. The van der Waals surface area contributed by atoms with Gasteiger partial charge in [-0.25, -0.2) is 19.9 Å². The summed E-state index contributed by atoms with van der Waals surface area (Å²) < 4.78 is 0. The van der Waals surface area contributed by atoms with Gasteiger partial charge in [0.25, 0.3) is 0 Å². The Labute approximate surface area is 197 Å². The monoisotopic (exact) mass is 461 g/mol. The van der Waals surface area contributed by atoms with Crippen molar-refractivity contribution in [3.05, 3.63) is 70.6 Å². The van der Waals surface area contributed by atoms with Crippen molar-refractivity contribution >= 4 is 29.4 Å². The molecule has 0 radical (unpaired) electrons. The largest absolute Gasteiger partial charge is 0.294 e. The molecule has 1 N–H and O–H groups in total. The Hall–Kier alpha value is -3.13. The van der Waals surface area contributed by atoms with E-state index in [1.54, 1.807) is 11.8 Å². The molecular formula is C25H27N5O2S. The Kier molecular flexibility index (Phi) is 6.56. The number of ketones is 1. The van der Waals surface area contributed by atoms with Crippen molar-refractivity contribution in [3.63, 3.8) is 0 Å². The van der Waals surface area contributed by atoms with Crippen LogP contribution in [-0.2, 0) is 23.1 Å². The predicted molar refractivity (Wildman–Crippen MR) is 129 cm³/mol. The molecule has 0 saturated heterocycles. The van der Waals surface area contributed by atoms with E-state index in [-0.39, 0.29) is 24.1 Å². The Morgan fingerprint density at radius 1 is 1.15 bits per heavy atom. The zero-order valence-electron chi connectivity index (χ0n) is 19.3. The van der Waals surface area contributed by atoms with Gasteiger partial charge in [0.05, 0.1) is 28.8 Å². The van der Waals surface area contributed by atoms with Gasteiger partial charge in [-0.05, 0) is 63.1 Å². The van der Waals surface area contributed by atoms with E-state index in [1.165, 1.54) is 11.1 Å². The van der Waals surface area contributed by atoms with E-state index in [0.717, 1.165) is 22.7 Å². The number of nitrogens with zero attached hydrogens (tertiary/aromatic N) is 4. The van der Waals surface area contributed by atoms with Crippen LogP contribution in [0.3, 0.4) is 0 Å². The minimum Gasteiger partial charge on any atom is -0.294 e. The molecule has 1 amide bonds. The van der Waals surface area contributed by atoms with E-state index in [1.807, 2.05) is 51.1 Å². The minimum atomic E-state index is -0.748. The standard InChI is InChI=1S/C25H27N5O2S/c1-5-33-18-8-6-17(7-9-18)13-22(31)30-24-26-14-19-20(29-24)10-11-25(4,23(19)32)21-12-15(2)27-16(3)28-21/h6-9,12,14H,5,10-11,13H2,1-4H3,(H,26,29,30,31). The van der Waals surface area contributed by atoms with Crippen molar-refractivity contribution in [2.45, 2.75) is 57.3 Å². The highest BCUT2D eigenvalue weighted by Crippen LogP contribution is 2.37. The van der Waals surface area contributed by atoms with Crippen molar-refractivity contribution in [2.75, 3.05) is 11.1 Å². The number of aryl methyl sites for hydroxylation is 3. The summed E-state index contributed by atoms with van der Waals surface area (Å²) in [5.74, 6) is 1.64. The summed E-state index contributed by atoms with van der Waals surface area (Å²) in [5.41, 5.74) is 2.88. The number of fused-ring (bicyclic) bond motifs is 1. The lowest BCUT2D eigenvalue weighted by Crippen LogP contribution is -2.39. The zero-order valence-corrected chi connectivity index (χ0v) is 20.1. The molecule has 1 unspecified atom stereocenters. The van der Waals surface area contributed by atoms with E-state index in [4.69, 9.17) is 0 Å². The number of amides is 1. The van der Waals surface area contributed by atoms with E-state index >= 15 is 0 Å². The summed E-state index contributed by atoms with van der Waals surface area (Å²) in [5, 5.41) is 2.76. The molecule has 0 spiro atoms. The molecule has 3 aromatic rings. The fourth-order valence-corrected chi connectivity index (χ4v) is 4.77. The van der Waals surface area contributed by atoms with Gasteiger partial charge in [0.1, 0.15) is 5.82 Å². The van der Waals surface area contributed by atoms with Crippen LogP contribution in [0, 0.1) is 13.8 Å². The predicted octanol–water partition coefficient (Wildman–Crippen LogP) is 4.26. The number of thioether (sulfide) groups is 1. The van der Waals surface area contributed by atoms with Gasteiger partial charge in [-0.2, -0.15) is 0 Å². The first-order chi connectivity index (χ1) is 15.8. The summed E-state index contributed by atoms with van der Waals surface area (Å²) in [7, 11) is 0. The van der Waals surface area contributed by atoms with Gasteiger partial charge in [-0.3, -0.25) is 14.9 Å². The highest BCUT2D eigenvalue weighted by Gasteiger charge is 2.42. The third-order valence-electron chi connectivity index (χ3n) is 5.86. The van der Waals surface area contributed by atoms with Crippen molar-refractivity contribution < 1.29 is 9.59 Å². The van der Waals surface area contributed by atoms with Crippen molar-refractivity contribution in [1.82, 2.24) is 19.9 Å². The first kappa shape index (κ1) is 23.0. The van der Waals surface area contributed by atoms with Crippen LogP contribution in [0.2, 0.25) is 0 Å². The van der Waals surface area contributed by atoms with Crippen LogP contribution in [0.15, 0.2) is 41.4 Å². The van der Waals surface area contributed by atoms with Crippen LogP contribution in [0.5, 0.6) is 0 Å². The Balaban J connectivity index is 1.48. The second-order valence-corrected chi connectivity index (χ2v) is 9.80. The Bertz CT molecular complexity index is 1190. The molecule has 8 heteroatoms. The molecule has 1 aromatic carbocycles. The topological polar surface area (TPSA) is 97.7 Å². The number of rotatable bonds is 6. The van der Waals surface area contributed by atoms with Gasteiger partial charge in [0.15, 0.2) is 5.78 Å². The van der Waals surface area contributed by atoms with Crippen LogP contribution in [0.1, 0.15) is 59.1 Å². The van der Waals surface area contributed by atoms with Crippen LogP contribution in [0.4, 0.5) is 5.95 Å². The fourth-order valence-electron chi connectivity index (χ4n) is 4.11. The Morgan fingerprint density at radius 2 is 1.91 bits per heavy atom. The van der Waals surface area contributed by atoms with Gasteiger partial charge < -0.3 is 0 Å². The maximum atomic E-state index is 13.4. The average molecular weight is 462 g/mol. The molecule has 0 saturated carbocycles. The molecule has 1 aliphatic rings. The number of hydrogen-bond donors (Lipinski definition) is 1. The first-order valence-electron chi connectivity index (χ1n) is 11.0. The van der Waals surface area contributed by atoms with Crippen LogP contribution in [-0.4, -0.2) is 37.4 Å². The second-order valence-electron chi connectivity index (χ2n) is 8.46. The van der Waals surface area contributed by atoms with Crippen molar-refractivity contribution in [3.8, 4) is 0 Å². The Morgan fingerprint density at radius 3 is 2.61 bits per heavy atom. The number of aromatic nitrogens is 4. The zero-order chi connectivity index (χ0) is 23.6. The highest BCUT2D eigenvalue weighted by atomic mass is 32.2. The third kappa shape index (κ3) is 4.95. The van der Waals surface area contributed by atoms with E-state index < -0.39 is 5.41 Å². The van der Waals surface area contributed by atoms with Crippen LogP contribution in [0.25, 0.3) is 0 Å². The second kappa shape index (κ2) is 9.39. The SMILES string of the molecule is CCSc1ccc(CC(=O)Nc2ncc3c(n2)CCC(C)(c2cc(C)nc(C)n2)C3=O)cc1. The molecule has 0 bridgehead atoms. The van der Waals surface area contributed by atoms with Gasteiger partial charge in [-0.15, -0.1) is 11.8 Å². The molecule has 1 atom stereocenters. The third-order valence-corrected chi connectivity index (χ3v) is 6.75. The normalized spacial score (nSPS) is 17.5.